The number of hydrogen-bond acceptors (Lipinski definition) is 4. The maximum atomic E-state index is 12.4. The molecule has 1 aromatic heterocycles. The Morgan fingerprint density at radius 3 is 2.33 bits per heavy atom. The topological polar surface area (TPSA) is 64.4 Å². The highest BCUT2D eigenvalue weighted by atomic mass is 35.5. The van der Waals surface area contributed by atoms with Crippen LogP contribution in [0.15, 0.2) is 97.5 Å². The number of phenolic OH excluding ortho intramolecular Hbond substituents is 1. The molecule has 0 aliphatic carbocycles. The number of phenols is 1. The Morgan fingerprint density at radius 2 is 1.64 bits per heavy atom. The summed E-state index contributed by atoms with van der Waals surface area (Å²) in [7, 11) is 1.38. The first-order valence-electron chi connectivity index (χ1n) is 12.2. The molecular weight excluding hydrogens is 531 g/mol. The second kappa shape index (κ2) is 11.6. The summed E-state index contributed by atoms with van der Waals surface area (Å²) < 4.78 is 6.97. The first-order chi connectivity index (χ1) is 18.9. The standard InChI is InChI=1S/C32H24Cl2N2O3/c1-39-32(38)28-14-5-22(18-36-19-31(35-20-36)29-15-11-26(33)17-30(29)34)16-25(28)8-4-21-2-6-23(7-3-21)24-9-12-27(37)13-10-24/h2-17,19-20,37H,18H2,1H3/b8-4+. The fourth-order valence-corrected chi connectivity index (χ4v) is 4.77. The van der Waals surface area contributed by atoms with Gasteiger partial charge in [0.05, 0.1) is 29.7 Å². The lowest BCUT2D eigenvalue weighted by Crippen LogP contribution is -2.05. The van der Waals surface area contributed by atoms with Crippen LogP contribution in [0.5, 0.6) is 5.75 Å². The van der Waals surface area contributed by atoms with Crippen LogP contribution in [0.3, 0.4) is 0 Å². The fourth-order valence-electron chi connectivity index (χ4n) is 4.26. The number of halogens is 2. The molecule has 0 unspecified atom stereocenters. The third kappa shape index (κ3) is 6.23. The van der Waals surface area contributed by atoms with Gasteiger partial charge in [-0.25, -0.2) is 9.78 Å². The zero-order valence-corrected chi connectivity index (χ0v) is 22.5. The summed E-state index contributed by atoms with van der Waals surface area (Å²) in [6.45, 7) is 0.557. The number of aromatic hydroxyl groups is 1. The highest BCUT2D eigenvalue weighted by Crippen LogP contribution is 2.29. The number of methoxy groups -OCH3 is 1. The molecule has 5 rings (SSSR count). The van der Waals surface area contributed by atoms with E-state index in [2.05, 4.69) is 4.98 Å². The number of benzene rings is 4. The Balaban J connectivity index is 1.38. The number of ether oxygens (including phenoxy) is 1. The second-order valence-corrected chi connectivity index (χ2v) is 9.81. The molecule has 39 heavy (non-hydrogen) atoms. The third-order valence-electron chi connectivity index (χ3n) is 6.29. The van der Waals surface area contributed by atoms with Crippen molar-refractivity contribution >= 4 is 41.3 Å². The molecule has 5 aromatic rings. The average molecular weight is 555 g/mol. The Morgan fingerprint density at radius 1 is 0.923 bits per heavy atom. The normalized spacial score (nSPS) is 11.2. The number of rotatable bonds is 7. The molecule has 4 aromatic carbocycles. The molecule has 5 nitrogen and oxygen atoms in total. The van der Waals surface area contributed by atoms with Gasteiger partial charge >= 0.3 is 5.97 Å². The number of aromatic nitrogens is 2. The van der Waals surface area contributed by atoms with E-state index in [1.54, 1.807) is 36.7 Å². The summed E-state index contributed by atoms with van der Waals surface area (Å²) in [5.41, 5.74) is 6.84. The average Bonchev–Trinajstić information content (AvgIpc) is 3.40. The van der Waals surface area contributed by atoms with Crippen LogP contribution in [0.1, 0.15) is 27.0 Å². The van der Waals surface area contributed by atoms with Crippen molar-refractivity contribution in [3.8, 4) is 28.1 Å². The third-order valence-corrected chi connectivity index (χ3v) is 6.84. The van der Waals surface area contributed by atoms with Crippen LogP contribution in [-0.2, 0) is 11.3 Å². The van der Waals surface area contributed by atoms with Crippen LogP contribution in [-0.4, -0.2) is 27.7 Å². The summed E-state index contributed by atoms with van der Waals surface area (Å²) >= 11 is 12.4. The predicted octanol–water partition coefficient (Wildman–Crippen LogP) is 8.23. The van der Waals surface area contributed by atoms with Gasteiger partial charge in [-0.3, -0.25) is 0 Å². The predicted molar refractivity (Wildman–Crippen MR) is 157 cm³/mol. The number of carbonyl (C=O) groups is 1. The first kappa shape index (κ1) is 26.3. The molecule has 0 aliphatic rings. The van der Waals surface area contributed by atoms with Crippen molar-refractivity contribution in [2.45, 2.75) is 6.54 Å². The molecule has 0 saturated heterocycles. The first-order valence-corrected chi connectivity index (χ1v) is 12.9. The minimum Gasteiger partial charge on any atom is -0.508 e. The van der Waals surface area contributed by atoms with Crippen molar-refractivity contribution in [3.63, 3.8) is 0 Å². The zero-order chi connectivity index (χ0) is 27.4. The van der Waals surface area contributed by atoms with Gasteiger partial charge in [0.25, 0.3) is 0 Å². The summed E-state index contributed by atoms with van der Waals surface area (Å²) in [5.74, 6) is -0.160. The van der Waals surface area contributed by atoms with Gasteiger partial charge in [0, 0.05) is 23.3 Å². The second-order valence-electron chi connectivity index (χ2n) is 8.97. The SMILES string of the molecule is COC(=O)c1ccc(Cn2cnc(-c3ccc(Cl)cc3Cl)c2)cc1/C=C/c1ccc(-c2ccc(O)cc2)cc1. The van der Waals surface area contributed by atoms with E-state index >= 15 is 0 Å². The van der Waals surface area contributed by atoms with E-state index in [-0.39, 0.29) is 5.75 Å². The van der Waals surface area contributed by atoms with Crippen LogP contribution in [0.2, 0.25) is 10.0 Å². The molecule has 0 aliphatic heterocycles. The molecule has 1 heterocycles. The molecule has 0 bridgehead atoms. The lowest BCUT2D eigenvalue weighted by atomic mass is 10.0. The quantitative estimate of drug-likeness (QED) is 0.162. The lowest BCUT2D eigenvalue weighted by molar-refractivity contribution is 0.0600. The van der Waals surface area contributed by atoms with E-state index < -0.39 is 5.97 Å². The van der Waals surface area contributed by atoms with Crippen molar-refractivity contribution in [1.82, 2.24) is 9.55 Å². The van der Waals surface area contributed by atoms with Crippen LogP contribution < -0.4 is 0 Å². The summed E-state index contributed by atoms with van der Waals surface area (Å²) in [6.07, 6.45) is 7.55. The molecule has 7 heteroatoms. The lowest BCUT2D eigenvalue weighted by Gasteiger charge is -2.09. The van der Waals surface area contributed by atoms with Gasteiger partial charge in [-0.1, -0.05) is 77.8 Å². The Bertz CT molecular complexity index is 1660. The van der Waals surface area contributed by atoms with E-state index in [1.807, 2.05) is 77.5 Å². The Labute approximate surface area is 236 Å². The van der Waals surface area contributed by atoms with Crippen molar-refractivity contribution in [3.05, 3.63) is 130 Å². The molecule has 0 fully saturated rings. The molecule has 0 atom stereocenters. The van der Waals surface area contributed by atoms with Crippen molar-refractivity contribution < 1.29 is 14.6 Å². The van der Waals surface area contributed by atoms with Gasteiger partial charge in [0.2, 0.25) is 0 Å². The largest absolute Gasteiger partial charge is 0.508 e. The maximum Gasteiger partial charge on any atom is 0.338 e. The Hall–Kier alpha value is -4.32. The number of nitrogens with zero attached hydrogens (tertiary/aromatic N) is 2. The maximum absolute atomic E-state index is 12.4. The monoisotopic (exact) mass is 554 g/mol. The van der Waals surface area contributed by atoms with E-state index in [0.29, 0.717) is 22.2 Å². The minimum atomic E-state index is -0.397. The molecule has 1 N–H and O–H groups in total. The molecule has 194 valence electrons. The molecule has 0 radical (unpaired) electrons. The van der Waals surface area contributed by atoms with Crippen LogP contribution in [0, 0.1) is 0 Å². The van der Waals surface area contributed by atoms with Gasteiger partial charge in [-0.15, -0.1) is 0 Å². The number of imidazole rings is 1. The summed E-state index contributed by atoms with van der Waals surface area (Å²) in [6, 6.07) is 26.1. The molecule has 0 spiro atoms. The number of hydrogen-bond donors (Lipinski definition) is 1. The van der Waals surface area contributed by atoms with Crippen molar-refractivity contribution in [1.29, 1.82) is 0 Å². The van der Waals surface area contributed by atoms with Gasteiger partial charge in [0.1, 0.15) is 5.75 Å². The van der Waals surface area contributed by atoms with E-state index in [9.17, 15) is 9.90 Å². The fraction of sp³-hybridized carbons (Fsp3) is 0.0625. The van der Waals surface area contributed by atoms with Crippen molar-refractivity contribution in [2.24, 2.45) is 0 Å². The van der Waals surface area contributed by atoms with Crippen LogP contribution in [0.4, 0.5) is 0 Å². The number of esters is 1. The smallest absolute Gasteiger partial charge is 0.338 e. The van der Waals surface area contributed by atoms with Gasteiger partial charge < -0.3 is 14.4 Å². The van der Waals surface area contributed by atoms with Gasteiger partial charge in [0.15, 0.2) is 0 Å². The van der Waals surface area contributed by atoms with Crippen molar-refractivity contribution in [2.75, 3.05) is 7.11 Å². The molecular formula is C32H24Cl2N2O3. The van der Waals surface area contributed by atoms with E-state index in [0.717, 1.165) is 39.1 Å². The minimum absolute atomic E-state index is 0.237. The van der Waals surface area contributed by atoms with Gasteiger partial charge in [-0.05, 0) is 70.3 Å². The Kier molecular flexibility index (Phi) is 7.82. The highest BCUT2D eigenvalue weighted by molar-refractivity contribution is 6.36. The highest BCUT2D eigenvalue weighted by Gasteiger charge is 2.12. The van der Waals surface area contributed by atoms with E-state index in [4.69, 9.17) is 27.9 Å². The van der Waals surface area contributed by atoms with E-state index in [1.165, 1.54) is 7.11 Å². The van der Waals surface area contributed by atoms with Crippen LogP contribution >= 0.6 is 23.2 Å². The summed E-state index contributed by atoms with van der Waals surface area (Å²) in [4.78, 5) is 16.9. The zero-order valence-electron chi connectivity index (χ0n) is 21.0. The summed E-state index contributed by atoms with van der Waals surface area (Å²) in [5, 5.41) is 10.6. The van der Waals surface area contributed by atoms with Gasteiger partial charge in [-0.2, -0.15) is 0 Å². The molecule has 0 amide bonds. The molecule has 0 saturated carbocycles. The van der Waals surface area contributed by atoms with Crippen LogP contribution in [0.25, 0.3) is 34.5 Å². The number of carbonyl (C=O) groups excluding carboxylic acids is 1.